The number of piperazine rings is 1. The zero-order valence-corrected chi connectivity index (χ0v) is 10.2. The van der Waals surface area contributed by atoms with E-state index in [1.165, 1.54) is 5.56 Å². The molecule has 2 unspecified atom stereocenters. The highest BCUT2D eigenvalue weighted by molar-refractivity contribution is 5.37. The van der Waals surface area contributed by atoms with Crippen LogP contribution >= 0.6 is 0 Å². The van der Waals surface area contributed by atoms with Gasteiger partial charge < -0.3 is 10.1 Å². The number of para-hydroxylation sites is 1. The van der Waals surface area contributed by atoms with Crippen molar-refractivity contribution in [1.82, 2.24) is 10.2 Å². The van der Waals surface area contributed by atoms with E-state index >= 15 is 0 Å². The molecule has 1 fully saturated rings. The van der Waals surface area contributed by atoms with Gasteiger partial charge in [0, 0.05) is 24.7 Å². The second-order valence-electron chi connectivity index (χ2n) is 4.41. The van der Waals surface area contributed by atoms with E-state index in [2.05, 4.69) is 36.3 Å². The van der Waals surface area contributed by atoms with E-state index < -0.39 is 0 Å². The summed E-state index contributed by atoms with van der Waals surface area (Å²) in [6.07, 6.45) is 0. The fourth-order valence-electron chi connectivity index (χ4n) is 2.52. The normalized spacial score (nSPS) is 26.7. The van der Waals surface area contributed by atoms with Gasteiger partial charge in [0.25, 0.3) is 0 Å². The zero-order valence-electron chi connectivity index (χ0n) is 10.2. The van der Waals surface area contributed by atoms with Crippen molar-refractivity contribution in [3.8, 4) is 5.75 Å². The first kappa shape index (κ1) is 11.4. The molecule has 1 aliphatic rings. The molecule has 0 radical (unpaired) electrons. The third-order valence-corrected chi connectivity index (χ3v) is 3.34. The van der Waals surface area contributed by atoms with E-state index in [0.29, 0.717) is 12.1 Å². The van der Waals surface area contributed by atoms with Gasteiger partial charge in [-0.3, -0.25) is 4.90 Å². The second kappa shape index (κ2) is 4.85. The van der Waals surface area contributed by atoms with Crippen LogP contribution in [0.15, 0.2) is 24.3 Å². The highest BCUT2D eigenvalue weighted by Gasteiger charge is 2.28. The molecule has 0 saturated carbocycles. The lowest BCUT2D eigenvalue weighted by Crippen LogP contribution is -2.49. The number of nitrogens with zero attached hydrogens (tertiary/aromatic N) is 1. The number of likely N-dealkylation sites (N-methyl/N-ethyl adjacent to an activating group) is 1. The minimum Gasteiger partial charge on any atom is -0.496 e. The van der Waals surface area contributed by atoms with Crippen molar-refractivity contribution in [1.29, 1.82) is 0 Å². The van der Waals surface area contributed by atoms with Crippen molar-refractivity contribution >= 4 is 0 Å². The summed E-state index contributed by atoms with van der Waals surface area (Å²) >= 11 is 0. The molecule has 1 heterocycles. The Morgan fingerprint density at radius 1 is 1.38 bits per heavy atom. The number of rotatable bonds is 2. The van der Waals surface area contributed by atoms with Crippen LogP contribution in [0.3, 0.4) is 0 Å². The number of hydrogen-bond donors (Lipinski definition) is 1. The second-order valence-corrected chi connectivity index (χ2v) is 4.41. The Kier molecular flexibility index (Phi) is 3.46. The molecular formula is C13H20N2O. The van der Waals surface area contributed by atoms with Crippen LogP contribution in [-0.2, 0) is 0 Å². The van der Waals surface area contributed by atoms with Crippen molar-refractivity contribution in [2.45, 2.75) is 19.0 Å². The predicted molar refractivity (Wildman–Crippen MR) is 65.8 cm³/mol. The summed E-state index contributed by atoms with van der Waals surface area (Å²) in [7, 11) is 3.91. The van der Waals surface area contributed by atoms with Crippen molar-refractivity contribution in [3.05, 3.63) is 29.8 Å². The van der Waals surface area contributed by atoms with E-state index in [-0.39, 0.29) is 0 Å². The molecule has 3 heteroatoms. The first-order valence-corrected chi connectivity index (χ1v) is 5.80. The molecule has 1 saturated heterocycles. The van der Waals surface area contributed by atoms with Gasteiger partial charge in [0.05, 0.1) is 13.2 Å². The average molecular weight is 220 g/mol. The summed E-state index contributed by atoms with van der Waals surface area (Å²) < 4.78 is 5.44. The number of benzene rings is 1. The Hall–Kier alpha value is -1.06. The Bertz CT molecular complexity index is 344. The molecule has 88 valence electrons. The standard InChI is InChI=1S/C13H20N2O/c1-10-13(15(2)9-8-14-10)11-6-4-5-7-12(11)16-3/h4-7,10,13-14H,8-9H2,1-3H3. The van der Waals surface area contributed by atoms with Crippen LogP contribution in [0.25, 0.3) is 0 Å². The monoisotopic (exact) mass is 220 g/mol. The summed E-state index contributed by atoms with van der Waals surface area (Å²) in [5.74, 6) is 0.981. The molecule has 0 amide bonds. The van der Waals surface area contributed by atoms with Gasteiger partial charge in [-0.1, -0.05) is 18.2 Å². The minimum absolute atomic E-state index is 0.393. The van der Waals surface area contributed by atoms with E-state index in [0.717, 1.165) is 18.8 Å². The Balaban J connectivity index is 2.33. The van der Waals surface area contributed by atoms with Gasteiger partial charge in [-0.2, -0.15) is 0 Å². The third-order valence-electron chi connectivity index (χ3n) is 3.34. The lowest BCUT2D eigenvalue weighted by Gasteiger charge is -2.39. The van der Waals surface area contributed by atoms with E-state index in [1.54, 1.807) is 7.11 Å². The largest absolute Gasteiger partial charge is 0.496 e. The Morgan fingerprint density at radius 3 is 2.81 bits per heavy atom. The fourth-order valence-corrected chi connectivity index (χ4v) is 2.52. The molecule has 1 aliphatic heterocycles. The number of hydrogen-bond acceptors (Lipinski definition) is 3. The maximum atomic E-state index is 5.44. The molecule has 1 aromatic rings. The van der Waals surface area contributed by atoms with Crippen LogP contribution in [0.2, 0.25) is 0 Å². The molecule has 2 atom stereocenters. The molecule has 0 aromatic heterocycles. The van der Waals surface area contributed by atoms with Crippen LogP contribution in [0, 0.1) is 0 Å². The van der Waals surface area contributed by atoms with Gasteiger partial charge in [-0.25, -0.2) is 0 Å². The first-order chi connectivity index (χ1) is 7.74. The lowest BCUT2D eigenvalue weighted by molar-refractivity contribution is 0.156. The fraction of sp³-hybridized carbons (Fsp3) is 0.538. The van der Waals surface area contributed by atoms with Crippen LogP contribution in [0.1, 0.15) is 18.5 Å². The zero-order chi connectivity index (χ0) is 11.5. The summed E-state index contributed by atoms with van der Waals surface area (Å²) in [5, 5.41) is 3.52. The van der Waals surface area contributed by atoms with E-state index in [9.17, 15) is 0 Å². The SMILES string of the molecule is COc1ccccc1C1C(C)NCCN1C. The van der Waals surface area contributed by atoms with Crippen LogP contribution in [-0.4, -0.2) is 38.2 Å². The Labute approximate surface area is 97.4 Å². The quantitative estimate of drug-likeness (QED) is 0.820. The van der Waals surface area contributed by atoms with Gasteiger partial charge in [-0.05, 0) is 20.0 Å². The third kappa shape index (κ3) is 2.06. The van der Waals surface area contributed by atoms with Crippen LogP contribution < -0.4 is 10.1 Å². The van der Waals surface area contributed by atoms with E-state index in [1.807, 2.05) is 12.1 Å². The molecule has 2 rings (SSSR count). The maximum absolute atomic E-state index is 5.44. The van der Waals surface area contributed by atoms with Crippen molar-refractivity contribution in [3.63, 3.8) is 0 Å². The first-order valence-electron chi connectivity index (χ1n) is 5.80. The summed E-state index contributed by atoms with van der Waals surface area (Å²) in [6, 6.07) is 9.13. The van der Waals surface area contributed by atoms with Gasteiger partial charge in [0.15, 0.2) is 0 Å². The van der Waals surface area contributed by atoms with Crippen molar-refractivity contribution < 1.29 is 4.74 Å². The topological polar surface area (TPSA) is 24.5 Å². The highest BCUT2D eigenvalue weighted by atomic mass is 16.5. The predicted octanol–water partition coefficient (Wildman–Crippen LogP) is 1.66. The number of methoxy groups -OCH3 is 1. The molecular weight excluding hydrogens is 200 g/mol. The van der Waals surface area contributed by atoms with Gasteiger partial charge >= 0.3 is 0 Å². The van der Waals surface area contributed by atoms with E-state index in [4.69, 9.17) is 4.74 Å². The molecule has 0 spiro atoms. The summed E-state index contributed by atoms with van der Waals surface area (Å²) in [5.41, 5.74) is 1.27. The maximum Gasteiger partial charge on any atom is 0.123 e. The number of nitrogens with one attached hydrogen (secondary N) is 1. The molecule has 1 N–H and O–H groups in total. The Morgan fingerprint density at radius 2 is 2.12 bits per heavy atom. The smallest absolute Gasteiger partial charge is 0.123 e. The number of ether oxygens (including phenoxy) is 1. The summed E-state index contributed by atoms with van der Waals surface area (Å²) in [6.45, 7) is 4.36. The molecule has 1 aromatic carbocycles. The lowest BCUT2D eigenvalue weighted by atomic mass is 9.96. The van der Waals surface area contributed by atoms with Crippen LogP contribution in [0.5, 0.6) is 5.75 Å². The summed E-state index contributed by atoms with van der Waals surface area (Å²) in [4.78, 5) is 2.39. The molecule has 0 aliphatic carbocycles. The highest BCUT2D eigenvalue weighted by Crippen LogP contribution is 2.32. The van der Waals surface area contributed by atoms with Gasteiger partial charge in [0.2, 0.25) is 0 Å². The van der Waals surface area contributed by atoms with Gasteiger partial charge in [-0.15, -0.1) is 0 Å². The van der Waals surface area contributed by atoms with Crippen molar-refractivity contribution in [2.75, 3.05) is 27.2 Å². The van der Waals surface area contributed by atoms with Gasteiger partial charge in [0.1, 0.15) is 5.75 Å². The molecule has 3 nitrogen and oxygen atoms in total. The van der Waals surface area contributed by atoms with Crippen molar-refractivity contribution in [2.24, 2.45) is 0 Å². The molecule has 0 bridgehead atoms. The van der Waals surface area contributed by atoms with Crippen LogP contribution in [0.4, 0.5) is 0 Å². The minimum atomic E-state index is 0.393. The average Bonchev–Trinajstić information content (AvgIpc) is 2.29. The molecule has 16 heavy (non-hydrogen) atoms.